The first-order valence-corrected chi connectivity index (χ1v) is 5.73. The van der Waals surface area contributed by atoms with Gasteiger partial charge in [0.25, 0.3) is 0 Å². The van der Waals surface area contributed by atoms with Crippen LogP contribution in [0.5, 0.6) is 0 Å². The SMILES string of the molecule is [B][C@H]1CC(OP([BH3-])(C)=O)[C@@H](COC)O1. The fourth-order valence-corrected chi connectivity index (χ4v) is 1.96. The molecule has 0 aliphatic carbocycles. The van der Waals surface area contributed by atoms with Crippen LogP contribution in [-0.2, 0) is 18.6 Å². The maximum atomic E-state index is 11.6. The van der Waals surface area contributed by atoms with E-state index < -0.39 is 7.25 Å². The predicted molar refractivity (Wildman–Crippen MR) is 59.3 cm³/mol. The number of methoxy groups -OCH3 is 1. The van der Waals surface area contributed by atoms with Crippen LogP contribution in [0.25, 0.3) is 0 Å². The third-order valence-electron chi connectivity index (χ3n) is 1.84. The molecular weight excluding hydrogens is 201 g/mol. The third kappa shape index (κ3) is 3.77. The zero-order valence-corrected chi connectivity index (χ0v) is 8.70. The van der Waals surface area contributed by atoms with Gasteiger partial charge in [0.2, 0.25) is 0 Å². The first-order valence-electron chi connectivity index (χ1n) is 4.11. The fraction of sp³-hybridized carbons (Fsp3) is 1.00. The van der Waals surface area contributed by atoms with Gasteiger partial charge in [-0.15, -0.1) is 0 Å². The molecule has 0 amide bonds. The highest BCUT2D eigenvalue weighted by Crippen LogP contribution is 2.41. The quantitative estimate of drug-likeness (QED) is 0.469. The summed E-state index contributed by atoms with van der Waals surface area (Å²) in [5.41, 5.74) is 0. The van der Waals surface area contributed by atoms with Crippen molar-refractivity contribution in [2.75, 3.05) is 20.4 Å². The van der Waals surface area contributed by atoms with Crippen molar-refractivity contribution < 1.29 is 18.6 Å². The van der Waals surface area contributed by atoms with Crippen LogP contribution in [0, 0.1) is 0 Å². The Labute approximate surface area is 86.9 Å². The van der Waals surface area contributed by atoms with Crippen LogP contribution in [0.3, 0.4) is 0 Å². The molecule has 1 aliphatic rings. The first-order chi connectivity index (χ1) is 6.42. The monoisotopic (exact) mass is 217 g/mol. The Morgan fingerprint density at radius 1 is 1.71 bits per heavy atom. The summed E-state index contributed by atoms with van der Waals surface area (Å²) >= 11 is 0. The van der Waals surface area contributed by atoms with Crippen LogP contribution in [-0.4, -0.2) is 54.0 Å². The summed E-state index contributed by atoms with van der Waals surface area (Å²) in [5.74, 6) is 0. The number of rotatable bonds is 4. The topological polar surface area (TPSA) is 44.8 Å². The van der Waals surface area contributed by atoms with Crippen LogP contribution in [0.15, 0.2) is 0 Å². The first kappa shape index (κ1) is 12.3. The van der Waals surface area contributed by atoms with E-state index in [1.165, 1.54) is 0 Å². The third-order valence-corrected chi connectivity index (χ3v) is 2.41. The molecule has 0 aromatic carbocycles. The van der Waals surface area contributed by atoms with E-state index >= 15 is 0 Å². The normalized spacial score (nSPS) is 36.9. The van der Waals surface area contributed by atoms with E-state index in [1.54, 1.807) is 13.8 Å². The van der Waals surface area contributed by atoms with Gasteiger partial charge >= 0.3 is 0 Å². The van der Waals surface area contributed by atoms with E-state index in [1.807, 2.05) is 0 Å². The van der Waals surface area contributed by atoms with Gasteiger partial charge in [-0.05, 0) is 13.1 Å². The molecular formula is C7H16B2O4P-. The lowest BCUT2D eigenvalue weighted by molar-refractivity contribution is -0.00895. The van der Waals surface area contributed by atoms with Gasteiger partial charge in [-0.1, -0.05) is 0 Å². The molecule has 0 saturated carbocycles. The maximum absolute atomic E-state index is 11.6. The standard InChI is InChI=1S/C7H16B2O4P/c1-11-4-6-5(3-7(8)12-6)13-14(2,9)10/h5-7H,3-4H2,1-2,9H3/q-1/t5?,6-,7-,14?/m1/s1. The summed E-state index contributed by atoms with van der Waals surface area (Å²) in [5, 5.41) is 0. The molecule has 0 aromatic heterocycles. The van der Waals surface area contributed by atoms with Crippen LogP contribution in [0.4, 0.5) is 0 Å². The summed E-state index contributed by atoms with van der Waals surface area (Å²) in [6.45, 7) is 2.14. The minimum absolute atomic E-state index is 0.154. The maximum Gasteiger partial charge on any atom is 0.109 e. The summed E-state index contributed by atoms with van der Waals surface area (Å²) in [6, 6.07) is -0.313. The lowest BCUT2D eigenvalue weighted by Gasteiger charge is -2.23. The summed E-state index contributed by atoms with van der Waals surface area (Å²) in [7, 11) is 4.71. The van der Waals surface area contributed by atoms with Gasteiger partial charge in [0, 0.05) is 20.4 Å². The Balaban J connectivity index is 2.53. The zero-order valence-electron chi connectivity index (χ0n) is 7.80. The molecule has 80 valence electrons. The van der Waals surface area contributed by atoms with Crippen molar-refractivity contribution >= 4 is 22.7 Å². The molecule has 0 spiro atoms. The number of hydrogen-bond donors (Lipinski definition) is 0. The molecule has 2 unspecified atom stereocenters. The lowest BCUT2D eigenvalue weighted by Crippen LogP contribution is -2.28. The highest BCUT2D eigenvalue weighted by Gasteiger charge is 2.34. The van der Waals surface area contributed by atoms with Crippen molar-refractivity contribution in [3.05, 3.63) is 0 Å². The minimum Gasteiger partial charge on any atom is -0.382 e. The van der Waals surface area contributed by atoms with Crippen molar-refractivity contribution in [1.29, 1.82) is 0 Å². The van der Waals surface area contributed by atoms with Crippen LogP contribution in [0.2, 0.25) is 0 Å². The van der Waals surface area contributed by atoms with Gasteiger partial charge in [0.1, 0.15) is 14.0 Å². The van der Waals surface area contributed by atoms with Crippen LogP contribution < -0.4 is 0 Å². The van der Waals surface area contributed by atoms with Gasteiger partial charge in [0.15, 0.2) is 0 Å². The van der Waals surface area contributed by atoms with E-state index in [0.717, 1.165) is 0 Å². The van der Waals surface area contributed by atoms with Crippen molar-refractivity contribution in [3.8, 4) is 0 Å². The average Bonchev–Trinajstić information content (AvgIpc) is 2.28. The Kier molecular flexibility index (Phi) is 4.26. The van der Waals surface area contributed by atoms with Gasteiger partial charge in [-0.3, -0.25) is 0 Å². The highest BCUT2D eigenvalue weighted by atomic mass is 31.2. The molecule has 7 heteroatoms. The summed E-state index contributed by atoms with van der Waals surface area (Å²) in [6.07, 6.45) is 0.289. The van der Waals surface area contributed by atoms with Crippen LogP contribution in [0.1, 0.15) is 6.42 Å². The molecule has 1 rings (SSSR count). The van der Waals surface area contributed by atoms with E-state index in [9.17, 15) is 4.57 Å². The Bertz CT molecular complexity index is 232. The predicted octanol–water partition coefficient (Wildman–Crippen LogP) is -0.510. The van der Waals surface area contributed by atoms with Crippen molar-refractivity contribution in [2.45, 2.75) is 24.6 Å². The van der Waals surface area contributed by atoms with E-state index in [4.69, 9.17) is 21.8 Å². The van der Waals surface area contributed by atoms with Crippen molar-refractivity contribution in [3.63, 3.8) is 0 Å². The Morgan fingerprint density at radius 3 is 2.86 bits per heavy atom. The van der Waals surface area contributed by atoms with Crippen molar-refractivity contribution in [1.82, 2.24) is 0 Å². The largest absolute Gasteiger partial charge is 0.382 e. The molecule has 4 nitrogen and oxygen atoms in total. The molecule has 4 atom stereocenters. The minimum atomic E-state index is -2.24. The fourth-order valence-electron chi connectivity index (χ4n) is 1.36. The van der Waals surface area contributed by atoms with E-state index in [-0.39, 0.29) is 25.8 Å². The Hall–Kier alpha value is 0.240. The second-order valence-electron chi connectivity index (χ2n) is 2.99. The van der Waals surface area contributed by atoms with E-state index in [0.29, 0.717) is 13.0 Å². The van der Waals surface area contributed by atoms with Gasteiger partial charge in [-0.2, -0.15) is 0 Å². The number of hydrogen-bond acceptors (Lipinski definition) is 4. The van der Waals surface area contributed by atoms with Crippen molar-refractivity contribution in [2.24, 2.45) is 0 Å². The number of ether oxygens (including phenoxy) is 2. The van der Waals surface area contributed by atoms with E-state index in [2.05, 4.69) is 0 Å². The molecule has 0 bridgehead atoms. The molecule has 1 fully saturated rings. The zero-order chi connectivity index (χ0) is 10.8. The second kappa shape index (κ2) is 4.84. The van der Waals surface area contributed by atoms with Gasteiger partial charge in [0.05, 0.1) is 20.3 Å². The van der Waals surface area contributed by atoms with Gasteiger partial charge < -0.3 is 18.6 Å². The molecule has 2 radical (unpaired) electrons. The lowest BCUT2D eigenvalue weighted by atomic mass is 9.96. The smallest absolute Gasteiger partial charge is 0.109 e. The molecule has 0 aromatic rings. The summed E-state index contributed by atoms with van der Waals surface area (Å²) in [4.78, 5) is 0. The summed E-state index contributed by atoms with van der Waals surface area (Å²) < 4.78 is 27.5. The Morgan fingerprint density at radius 2 is 2.36 bits per heavy atom. The molecule has 1 saturated heterocycles. The molecule has 0 N–H and O–H groups in total. The van der Waals surface area contributed by atoms with Crippen LogP contribution >= 0.6 is 7.25 Å². The van der Waals surface area contributed by atoms with Gasteiger partial charge in [-0.25, -0.2) is 0 Å². The molecule has 1 heterocycles. The highest BCUT2D eigenvalue weighted by molar-refractivity contribution is 7.82. The average molecular weight is 217 g/mol. The molecule has 14 heavy (non-hydrogen) atoms. The molecule has 1 aliphatic heterocycles. The second-order valence-corrected chi connectivity index (χ2v) is 4.08.